The molecule has 6 heteroatoms. The molecule has 298 valence electrons. The molecule has 0 aliphatic heterocycles. The monoisotopic (exact) mass is 975 g/mol. The van der Waals surface area contributed by atoms with Crippen LogP contribution >= 0.6 is 0 Å². The second-order valence-electron chi connectivity index (χ2n) is 15.5. The summed E-state index contributed by atoms with van der Waals surface area (Å²) in [5, 5.41) is 14.1. The minimum absolute atomic E-state index is 0. The molecule has 10 aromatic rings. The Bertz CT molecular complexity index is 3470. The molecule has 0 aliphatic rings. The second kappa shape index (κ2) is 17.1. The Kier molecular flexibility index (Phi) is 9.59. The minimum atomic E-state index is -2.36. The fourth-order valence-corrected chi connectivity index (χ4v) is 8.14. The van der Waals surface area contributed by atoms with Crippen LogP contribution in [0.3, 0.4) is 0 Å². The fourth-order valence-electron chi connectivity index (χ4n) is 8.14. The number of aryl methyl sites for hydroxylation is 2. The van der Waals surface area contributed by atoms with Gasteiger partial charge in [-0.1, -0.05) is 135 Å². The third kappa shape index (κ3) is 7.57. The summed E-state index contributed by atoms with van der Waals surface area (Å²) in [5.74, 6) is 0.357. The normalized spacial score (nSPS) is 13.1. The van der Waals surface area contributed by atoms with Crippen LogP contribution in [0.1, 0.15) is 70.0 Å². The van der Waals surface area contributed by atoms with Gasteiger partial charge in [-0.2, -0.15) is 35.6 Å². The number of nitrogens with zero attached hydrogens (tertiary/aromatic N) is 4. The summed E-state index contributed by atoms with van der Waals surface area (Å²) in [6, 6.07) is 53.5. The first-order valence-corrected chi connectivity index (χ1v) is 20.0. The summed E-state index contributed by atoms with van der Waals surface area (Å²) >= 11 is 0. The van der Waals surface area contributed by atoms with Gasteiger partial charge in [-0.15, -0.1) is 18.2 Å². The molecule has 5 nitrogen and oxygen atoms in total. The van der Waals surface area contributed by atoms with Gasteiger partial charge in [0.1, 0.15) is 5.58 Å². The molecule has 0 saturated heterocycles. The molecular formula is C55H44IrN4O+. The topological polar surface area (TPSA) is 58.6 Å². The maximum atomic E-state index is 10.2. The molecule has 61 heavy (non-hydrogen) atoms. The molecule has 0 spiro atoms. The standard InChI is InChI=1S/C41H33N2O.C14H11N2.Ir/c1-24(2)31-12-8-13-32(25(3)4)39(31)36-21-37(43-23-26(36)5)35-15-9-14-33-34-19-18-30(22-42)38(41(34)44-40(33)35)29-17-16-27-10-6-7-11-28(27)20-29;1-15-11-16(12-7-3-2-4-8-12)14-10-6-5-9-13(14)15;/h6-14,16-21,23-25H,1-5H3;2-7,9-10H,1H3;/q2*-1;+3/i5D3;1D3;. The van der Waals surface area contributed by atoms with E-state index < -0.39 is 13.8 Å². The number of imidazole rings is 1. The molecule has 0 amide bonds. The molecule has 0 aliphatic carbocycles. The smallest absolute Gasteiger partial charge is 0.500 e. The Morgan fingerprint density at radius 1 is 0.738 bits per heavy atom. The van der Waals surface area contributed by atoms with E-state index in [4.69, 9.17) is 17.6 Å². The minimum Gasteiger partial charge on any atom is -0.500 e. The van der Waals surface area contributed by atoms with Crippen LogP contribution in [0.5, 0.6) is 0 Å². The largest absolute Gasteiger partial charge is 3.00 e. The van der Waals surface area contributed by atoms with E-state index in [9.17, 15) is 5.26 Å². The maximum Gasteiger partial charge on any atom is 3.00 e. The van der Waals surface area contributed by atoms with E-state index >= 15 is 0 Å². The zero-order chi connectivity index (χ0) is 46.5. The van der Waals surface area contributed by atoms with Crippen LogP contribution in [0.4, 0.5) is 0 Å². The molecule has 3 heterocycles. The molecule has 0 N–H and O–H groups in total. The second-order valence-corrected chi connectivity index (χ2v) is 15.5. The van der Waals surface area contributed by atoms with Gasteiger partial charge in [0, 0.05) is 21.3 Å². The van der Waals surface area contributed by atoms with Crippen molar-refractivity contribution in [3.63, 3.8) is 0 Å². The molecule has 10 rings (SSSR count). The van der Waals surface area contributed by atoms with Crippen molar-refractivity contribution in [2.24, 2.45) is 6.98 Å². The average molecular weight is 975 g/mol. The number of rotatable bonds is 6. The molecule has 0 fully saturated rings. The summed E-state index contributed by atoms with van der Waals surface area (Å²) in [4.78, 5) is 4.72. The van der Waals surface area contributed by atoms with Crippen LogP contribution in [0.15, 0.2) is 150 Å². The van der Waals surface area contributed by atoms with Gasteiger partial charge in [0.2, 0.25) is 6.33 Å². The third-order valence-electron chi connectivity index (χ3n) is 11.1. The van der Waals surface area contributed by atoms with Crippen molar-refractivity contribution in [2.75, 3.05) is 0 Å². The fraction of sp³-hybridized carbons (Fsp3) is 0.145. The Balaban J connectivity index is 0.000000254. The van der Waals surface area contributed by atoms with E-state index in [1.165, 1.54) is 10.8 Å². The molecule has 7 aromatic carbocycles. The molecular weight excluding hydrogens is 925 g/mol. The van der Waals surface area contributed by atoms with Crippen molar-refractivity contribution in [3.05, 3.63) is 186 Å². The van der Waals surface area contributed by atoms with E-state index in [1.54, 1.807) is 16.7 Å². The van der Waals surface area contributed by atoms with Gasteiger partial charge in [-0.3, -0.25) is 0 Å². The van der Waals surface area contributed by atoms with Gasteiger partial charge < -0.3 is 18.5 Å². The van der Waals surface area contributed by atoms with Crippen molar-refractivity contribution in [1.82, 2.24) is 9.55 Å². The van der Waals surface area contributed by atoms with Gasteiger partial charge >= 0.3 is 20.1 Å². The zero-order valence-electron chi connectivity index (χ0n) is 40.0. The third-order valence-corrected chi connectivity index (χ3v) is 11.1. The van der Waals surface area contributed by atoms with Crippen LogP contribution in [0.2, 0.25) is 0 Å². The predicted octanol–water partition coefficient (Wildman–Crippen LogP) is 13.4. The first-order valence-electron chi connectivity index (χ1n) is 23.0. The number of hydrogen-bond acceptors (Lipinski definition) is 3. The zero-order valence-corrected chi connectivity index (χ0v) is 36.4. The van der Waals surface area contributed by atoms with Gasteiger partial charge in [0.15, 0.2) is 0 Å². The number of benzene rings is 7. The van der Waals surface area contributed by atoms with Gasteiger partial charge in [-0.05, 0) is 80.7 Å². The summed E-state index contributed by atoms with van der Waals surface area (Å²) in [6.07, 6.45) is 4.37. The van der Waals surface area contributed by atoms with Crippen LogP contribution in [0, 0.1) is 36.6 Å². The molecule has 0 radical (unpaired) electrons. The maximum absolute atomic E-state index is 10.2. The van der Waals surface area contributed by atoms with Crippen LogP contribution < -0.4 is 4.57 Å². The number of nitriles is 1. The Morgan fingerprint density at radius 3 is 2.23 bits per heavy atom. The van der Waals surface area contributed by atoms with Crippen LogP contribution in [-0.4, -0.2) is 9.55 Å². The van der Waals surface area contributed by atoms with Crippen molar-refractivity contribution in [3.8, 4) is 45.3 Å². The van der Waals surface area contributed by atoms with Gasteiger partial charge in [-0.25, -0.2) is 0 Å². The molecule has 0 atom stereocenters. The first-order chi connectivity index (χ1) is 31.6. The van der Waals surface area contributed by atoms with E-state index in [2.05, 4.69) is 94.7 Å². The van der Waals surface area contributed by atoms with Crippen molar-refractivity contribution in [1.29, 1.82) is 5.26 Å². The number of hydrogen-bond donors (Lipinski definition) is 0. The number of para-hydroxylation sites is 3. The first kappa shape index (κ1) is 34.1. The van der Waals surface area contributed by atoms with Crippen LogP contribution in [0.25, 0.3) is 82.9 Å². The van der Waals surface area contributed by atoms with E-state index in [-0.39, 0.29) is 37.5 Å². The molecule has 0 unspecified atom stereocenters. The van der Waals surface area contributed by atoms with Gasteiger partial charge in [0.05, 0.1) is 39.3 Å². The van der Waals surface area contributed by atoms with Crippen molar-refractivity contribution < 1.29 is 37.3 Å². The Hall–Kier alpha value is -6.64. The number of aromatic nitrogens is 3. The van der Waals surface area contributed by atoms with Crippen molar-refractivity contribution >= 4 is 43.7 Å². The SMILES string of the molecule is [2H]C([2H])([2H])[n+]1[c-]n(-c2[c-]cccc2)c2ccccc21.[2H]C([2H])([2H])c1cnc(-c2[c-]ccc3c2oc2c(-c4ccc5ccccc5c4)c(C#N)ccc23)cc1-c1c(C(C)C)cccc1C(C)C.[Ir+3]. The Morgan fingerprint density at radius 2 is 1.49 bits per heavy atom. The molecule has 3 aromatic heterocycles. The number of pyridine rings is 1. The quantitative estimate of drug-likeness (QED) is 0.123. The van der Waals surface area contributed by atoms with E-state index in [1.807, 2.05) is 84.9 Å². The van der Waals surface area contributed by atoms with Crippen molar-refractivity contribution in [2.45, 2.75) is 46.4 Å². The average Bonchev–Trinajstić information content (AvgIpc) is 3.90. The number of furan rings is 1. The molecule has 0 bridgehead atoms. The summed E-state index contributed by atoms with van der Waals surface area (Å²) in [5.41, 5.74) is 10.7. The molecule has 0 saturated carbocycles. The Labute approximate surface area is 379 Å². The summed E-state index contributed by atoms with van der Waals surface area (Å²) in [7, 11) is 0. The summed E-state index contributed by atoms with van der Waals surface area (Å²) in [6.45, 7) is 3.91. The summed E-state index contributed by atoms with van der Waals surface area (Å²) < 4.78 is 57.6. The van der Waals surface area contributed by atoms with E-state index in [0.717, 1.165) is 60.6 Å². The predicted molar refractivity (Wildman–Crippen MR) is 244 cm³/mol. The number of fused-ring (bicyclic) bond motifs is 5. The van der Waals surface area contributed by atoms with Gasteiger partial charge in [0.25, 0.3) is 0 Å². The van der Waals surface area contributed by atoms with Crippen LogP contribution in [-0.2, 0) is 27.1 Å². The van der Waals surface area contributed by atoms with E-state index in [0.29, 0.717) is 39.1 Å².